The second-order valence-electron chi connectivity index (χ2n) is 7.40. The van der Waals surface area contributed by atoms with Crippen LogP contribution in [0.3, 0.4) is 0 Å². The zero-order valence-corrected chi connectivity index (χ0v) is 18.3. The summed E-state index contributed by atoms with van der Waals surface area (Å²) in [5.41, 5.74) is 0.716. The van der Waals surface area contributed by atoms with E-state index in [1.807, 2.05) is 26.8 Å². The second kappa shape index (κ2) is 11.6. The molecular formula is C23H28ClFN2O3. The van der Waals surface area contributed by atoms with Gasteiger partial charge in [-0.3, -0.25) is 9.59 Å². The van der Waals surface area contributed by atoms with Gasteiger partial charge >= 0.3 is 0 Å². The topological polar surface area (TPSA) is 58.6 Å². The predicted molar refractivity (Wildman–Crippen MR) is 116 cm³/mol. The van der Waals surface area contributed by atoms with E-state index in [2.05, 4.69) is 5.32 Å². The van der Waals surface area contributed by atoms with E-state index in [4.69, 9.17) is 16.3 Å². The van der Waals surface area contributed by atoms with Gasteiger partial charge in [-0.1, -0.05) is 62.7 Å². The van der Waals surface area contributed by atoms with Gasteiger partial charge in [0, 0.05) is 18.1 Å². The summed E-state index contributed by atoms with van der Waals surface area (Å²) in [5.74, 6) is -0.948. The van der Waals surface area contributed by atoms with Crippen LogP contribution in [-0.2, 0) is 16.1 Å². The van der Waals surface area contributed by atoms with Gasteiger partial charge in [0.1, 0.15) is 6.04 Å². The highest BCUT2D eigenvalue weighted by Gasteiger charge is 2.29. The lowest BCUT2D eigenvalue weighted by Crippen LogP contribution is -2.50. The standard InChI is InChI=1S/C23H28ClFN2O3/c1-4-20(23(29)26-13-16(2)3)27(14-17-9-5-6-10-18(17)24)22(28)15-30-21-12-8-7-11-19(21)25/h5-12,16,20H,4,13-15H2,1-3H3,(H,26,29)/t20-/m1/s1. The highest BCUT2D eigenvalue weighted by molar-refractivity contribution is 6.31. The van der Waals surface area contributed by atoms with Crippen LogP contribution >= 0.6 is 11.6 Å². The van der Waals surface area contributed by atoms with Crippen LogP contribution in [0.2, 0.25) is 5.02 Å². The number of hydrogen-bond donors (Lipinski definition) is 1. The van der Waals surface area contributed by atoms with Crippen LogP contribution in [0.4, 0.5) is 4.39 Å². The van der Waals surface area contributed by atoms with Crippen molar-refractivity contribution in [2.24, 2.45) is 5.92 Å². The second-order valence-corrected chi connectivity index (χ2v) is 7.80. The first kappa shape index (κ1) is 23.7. The van der Waals surface area contributed by atoms with E-state index in [0.717, 1.165) is 0 Å². The van der Waals surface area contributed by atoms with Crippen molar-refractivity contribution in [2.75, 3.05) is 13.2 Å². The first-order valence-electron chi connectivity index (χ1n) is 10.0. The highest BCUT2D eigenvalue weighted by Crippen LogP contribution is 2.21. The van der Waals surface area contributed by atoms with E-state index in [0.29, 0.717) is 23.6 Å². The first-order chi connectivity index (χ1) is 14.3. The third-order valence-corrected chi connectivity index (χ3v) is 4.93. The normalized spacial score (nSPS) is 11.8. The maximum Gasteiger partial charge on any atom is 0.261 e. The van der Waals surface area contributed by atoms with E-state index in [1.54, 1.807) is 30.3 Å². The molecule has 2 rings (SSSR count). The van der Waals surface area contributed by atoms with Crippen molar-refractivity contribution in [1.82, 2.24) is 10.2 Å². The number of carbonyl (C=O) groups excluding carboxylic acids is 2. The summed E-state index contributed by atoms with van der Waals surface area (Å²) in [5, 5.41) is 3.39. The third-order valence-electron chi connectivity index (χ3n) is 4.56. The van der Waals surface area contributed by atoms with Crippen LogP contribution in [0, 0.1) is 11.7 Å². The zero-order chi connectivity index (χ0) is 22.1. The minimum absolute atomic E-state index is 0.0131. The Hall–Kier alpha value is -2.60. The Kier molecular flexibility index (Phi) is 9.12. The molecule has 0 aliphatic rings. The number of ether oxygens (including phenoxy) is 1. The number of rotatable bonds is 10. The molecule has 1 atom stereocenters. The van der Waals surface area contributed by atoms with Crippen LogP contribution < -0.4 is 10.1 Å². The lowest BCUT2D eigenvalue weighted by Gasteiger charge is -2.31. The summed E-state index contributed by atoms with van der Waals surface area (Å²) in [6.45, 7) is 6.10. The van der Waals surface area contributed by atoms with E-state index in [1.165, 1.54) is 17.0 Å². The van der Waals surface area contributed by atoms with Crippen LogP contribution in [0.5, 0.6) is 5.75 Å². The van der Waals surface area contributed by atoms with Gasteiger partial charge in [0.2, 0.25) is 5.91 Å². The molecule has 0 spiro atoms. The lowest BCUT2D eigenvalue weighted by molar-refractivity contribution is -0.143. The molecule has 0 aliphatic carbocycles. The molecule has 0 radical (unpaired) electrons. The van der Waals surface area contributed by atoms with Crippen LogP contribution in [0.25, 0.3) is 0 Å². The van der Waals surface area contributed by atoms with Crippen molar-refractivity contribution in [3.8, 4) is 5.75 Å². The Morgan fingerprint density at radius 2 is 1.80 bits per heavy atom. The van der Waals surface area contributed by atoms with Crippen LogP contribution in [-0.4, -0.2) is 35.9 Å². The van der Waals surface area contributed by atoms with E-state index in [-0.39, 0.29) is 30.7 Å². The Balaban J connectivity index is 2.22. The molecule has 0 aliphatic heterocycles. The molecule has 0 bridgehead atoms. The molecule has 0 aromatic heterocycles. The number of nitrogens with one attached hydrogen (secondary N) is 1. The number of nitrogens with zero attached hydrogens (tertiary/aromatic N) is 1. The van der Waals surface area contributed by atoms with Gasteiger partial charge in [-0.25, -0.2) is 4.39 Å². The molecule has 1 N–H and O–H groups in total. The van der Waals surface area contributed by atoms with Crippen molar-refractivity contribution < 1.29 is 18.7 Å². The van der Waals surface area contributed by atoms with Gasteiger partial charge in [-0.05, 0) is 36.1 Å². The van der Waals surface area contributed by atoms with E-state index in [9.17, 15) is 14.0 Å². The predicted octanol–water partition coefficient (Wildman–Crippen LogP) is 4.44. The Bertz CT molecular complexity index is 860. The number of hydrogen-bond acceptors (Lipinski definition) is 3. The fourth-order valence-corrected chi connectivity index (χ4v) is 3.13. The minimum atomic E-state index is -0.697. The molecule has 2 aromatic carbocycles. The number of para-hydroxylation sites is 1. The highest BCUT2D eigenvalue weighted by atomic mass is 35.5. The molecule has 2 aromatic rings. The van der Waals surface area contributed by atoms with Crippen molar-refractivity contribution in [2.45, 2.75) is 39.8 Å². The maximum atomic E-state index is 13.8. The van der Waals surface area contributed by atoms with Crippen LogP contribution in [0.1, 0.15) is 32.8 Å². The molecule has 30 heavy (non-hydrogen) atoms. The molecule has 0 heterocycles. The Morgan fingerprint density at radius 3 is 2.43 bits per heavy atom. The molecule has 0 unspecified atom stereocenters. The third kappa shape index (κ3) is 6.73. The Labute approximate surface area is 182 Å². The quantitative estimate of drug-likeness (QED) is 0.601. The number of carbonyl (C=O) groups is 2. The SMILES string of the molecule is CC[C@H](C(=O)NCC(C)C)N(Cc1ccccc1Cl)C(=O)COc1ccccc1F. The van der Waals surface area contributed by atoms with Gasteiger partial charge in [0.25, 0.3) is 5.91 Å². The van der Waals surface area contributed by atoms with Gasteiger partial charge in [0.15, 0.2) is 18.2 Å². The summed E-state index contributed by atoms with van der Waals surface area (Å²) < 4.78 is 19.2. The maximum absolute atomic E-state index is 13.8. The van der Waals surface area contributed by atoms with Crippen molar-refractivity contribution in [3.05, 3.63) is 64.9 Å². The molecule has 0 fully saturated rings. The fraction of sp³-hybridized carbons (Fsp3) is 0.391. The summed E-state index contributed by atoms with van der Waals surface area (Å²) in [6.07, 6.45) is 0.416. The largest absolute Gasteiger partial charge is 0.481 e. The number of amides is 2. The molecule has 0 saturated heterocycles. The van der Waals surface area contributed by atoms with Crippen LogP contribution in [0.15, 0.2) is 48.5 Å². The van der Waals surface area contributed by atoms with Crippen molar-refractivity contribution >= 4 is 23.4 Å². The summed E-state index contributed by atoms with van der Waals surface area (Å²) >= 11 is 6.28. The molecule has 5 nitrogen and oxygen atoms in total. The summed E-state index contributed by atoms with van der Waals surface area (Å²) in [6, 6.07) is 12.3. The number of halogens is 2. The molecule has 2 amide bonds. The lowest BCUT2D eigenvalue weighted by atomic mass is 10.1. The van der Waals surface area contributed by atoms with Gasteiger partial charge in [-0.2, -0.15) is 0 Å². The molecule has 0 saturated carbocycles. The van der Waals surface area contributed by atoms with Gasteiger partial charge < -0.3 is 15.0 Å². The zero-order valence-electron chi connectivity index (χ0n) is 17.5. The summed E-state index contributed by atoms with van der Waals surface area (Å²) in [7, 11) is 0. The fourth-order valence-electron chi connectivity index (χ4n) is 2.94. The average Bonchev–Trinajstić information content (AvgIpc) is 2.72. The van der Waals surface area contributed by atoms with Gasteiger partial charge in [0.05, 0.1) is 0 Å². The average molecular weight is 435 g/mol. The minimum Gasteiger partial charge on any atom is -0.481 e. The summed E-state index contributed by atoms with van der Waals surface area (Å²) in [4.78, 5) is 27.3. The van der Waals surface area contributed by atoms with Crippen molar-refractivity contribution in [1.29, 1.82) is 0 Å². The van der Waals surface area contributed by atoms with E-state index < -0.39 is 17.8 Å². The molecule has 162 valence electrons. The monoisotopic (exact) mass is 434 g/mol. The Morgan fingerprint density at radius 1 is 1.13 bits per heavy atom. The number of benzene rings is 2. The molecular weight excluding hydrogens is 407 g/mol. The smallest absolute Gasteiger partial charge is 0.261 e. The van der Waals surface area contributed by atoms with Gasteiger partial charge in [-0.15, -0.1) is 0 Å². The molecule has 7 heteroatoms. The van der Waals surface area contributed by atoms with Crippen molar-refractivity contribution in [3.63, 3.8) is 0 Å². The first-order valence-corrected chi connectivity index (χ1v) is 10.4. The van der Waals surface area contributed by atoms with E-state index >= 15 is 0 Å².